The summed E-state index contributed by atoms with van der Waals surface area (Å²) < 4.78 is 0. The highest BCUT2D eigenvalue weighted by molar-refractivity contribution is 6.13. The second-order valence-electron chi connectivity index (χ2n) is 5.30. The molecule has 0 heterocycles. The first kappa shape index (κ1) is 14.7. The Morgan fingerprint density at radius 1 is 0.870 bits per heavy atom. The fourth-order valence-corrected chi connectivity index (χ4v) is 2.49. The Morgan fingerprint density at radius 2 is 1.57 bits per heavy atom. The summed E-state index contributed by atoms with van der Waals surface area (Å²) in [5.74, 6) is -1.15. The third-order valence-corrected chi connectivity index (χ3v) is 3.70. The van der Waals surface area contributed by atoms with E-state index in [1.165, 1.54) is 24.3 Å². The lowest BCUT2D eigenvalue weighted by atomic mass is 10.1. The van der Waals surface area contributed by atoms with E-state index in [0.29, 0.717) is 28.7 Å². The first-order valence-corrected chi connectivity index (χ1v) is 6.94. The van der Waals surface area contributed by atoms with E-state index in [2.05, 4.69) is 0 Å². The maximum Gasteiger partial charge on any atom is 0.189 e. The van der Waals surface area contributed by atoms with Crippen molar-refractivity contribution < 1.29 is 25.2 Å². The van der Waals surface area contributed by atoms with Crippen molar-refractivity contribution in [2.24, 2.45) is 0 Å². The molecule has 0 aliphatic heterocycles. The highest BCUT2D eigenvalue weighted by Gasteiger charge is 2.25. The van der Waals surface area contributed by atoms with Gasteiger partial charge in [-0.1, -0.05) is 24.3 Å². The van der Waals surface area contributed by atoms with Gasteiger partial charge in [0, 0.05) is 17.6 Å². The molecule has 2 aromatic rings. The summed E-state index contributed by atoms with van der Waals surface area (Å²) in [6.07, 6.45) is 5.40. The van der Waals surface area contributed by atoms with E-state index in [1.807, 2.05) is 0 Å². The number of phenolic OH excluding ortho intramolecular Hbond substituents is 4. The molecule has 0 bridgehead atoms. The lowest BCUT2D eigenvalue weighted by molar-refractivity contribution is 0.103. The van der Waals surface area contributed by atoms with Crippen molar-refractivity contribution >= 4 is 11.9 Å². The Labute approximate surface area is 132 Å². The first-order chi connectivity index (χ1) is 11.0. The molecule has 2 aromatic carbocycles. The molecule has 1 aliphatic carbocycles. The number of fused-ring (bicyclic) bond motifs is 1. The first-order valence-electron chi connectivity index (χ1n) is 6.94. The van der Waals surface area contributed by atoms with Crippen LogP contribution >= 0.6 is 0 Å². The van der Waals surface area contributed by atoms with Crippen LogP contribution in [0.2, 0.25) is 0 Å². The number of benzene rings is 2. The van der Waals surface area contributed by atoms with Crippen molar-refractivity contribution in [3.05, 3.63) is 64.7 Å². The number of rotatable bonds is 2. The molecule has 0 amide bonds. The fraction of sp³-hybridized carbons (Fsp3) is 0.0556. The van der Waals surface area contributed by atoms with Gasteiger partial charge in [0.05, 0.1) is 0 Å². The number of carbonyl (C=O) groups is 1. The number of allylic oxidation sites excluding steroid dienone is 3. The van der Waals surface area contributed by atoms with E-state index in [0.717, 1.165) is 0 Å². The predicted octanol–water partition coefficient (Wildman–Crippen LogP) is 2.89. The topological polar surface area (TPSA) is 98.0 Å². The van der Waals surface area contributed by atoms with E-state index >= 15 is 0 Å². The molecule has 0 unspecified atom stereocenters. The second kappa shape index (κ2) is 5.53. The largest absolute Gasteiger partial charge is 0.504 e. The van der Waals surface area contributed by atoms with E-state index < -0.39 is 0 Å². The molecule has 0 atom stereocenters. The van der Waals surface area contributed by atoms with Gasteiger partial charge in [0.2, 0.25) is 0 Å². The standard InChI is InChI=1S/C18H14O5/c19-14-5-4-10(6-15(14)20)2-1-3-11-7-12-8-16(21)17(22)9-13(12)18(11)23/h1-6,8-9,19-22H,7H2/b2-1+,11-3+. The number of hydrogen-bond donors (Lipinski definition) is 4. The van der Waals surface area contributed by atoms with Gasteiger partial charge in [0.25, 0.3) is 0 Å². The van der Waals surface area contributed by atoms with E-state index in [1.54, 1.807) is 24.3 Å². The minimum atomic E-state index is -0.312. The number of aromatic hydroxyl groups is 4. The van der Waals surface area contributed by atoms with Crippen LogP contribution in [0.25, 0.3) is 6.08 Å². The molecule has 5 heteroatoms. The summed E-state index contributed by atoms with van der Waals surface area (Å²) in [6.45, 7) is 0. The summed E-state index contributed by atoms with van der Waals surface area (Å²) in [5, 5.41) is 37.6. The molecular formula is C18H14O5. The summed E-state index contributed by atoms with van der Waals surface area (Å²) in [7, 11) is 0. The van der Waals surface area contributed by atoms with Crippen LogP contribution < -0.4 is 0 Å². The molecule has 1 aliphatic rings. The zero-order valence-corrected chi connectivity index (χ0v) is 12.0. The second-order valence-corrected chi connectivity index (χ2v) is 5.30. The Balaban J connectivity index is 1.83. The zero-order valence-electron chi connectivity index (χ0n) is 12.0. The van der Waals surface area contributed by atoms with E-state index in [-0.39, 0.29) is 28.8 Å². The maximum atomic E-state index is 12.2. The molecule has 0 spiro atoms. The minimum absolute atomic E-state index is 0.187. The molecule has 116 valence electrons. The molecule has 3 rings (SSSR count). The average Bonchev–Trinajstić information content (AvgIpc) is 2.80. The fourth-order valence-electron chi connectivity index (χ4n) is 2.49. The van der Waals surface area contributed by atoms with Crippen molar-refractivity contribution in [2.45, 2.75) is 6.42 Å². The van der Waals surface area contributed by atoms with Crippen molar-refractivity contribution in [3.8, 4) is 23.0 Å². The summed E-state index contributed by atoms with van der Waals surface area (Å²) in [6, 6.07) is 7.09. The Kier molecular flexibility index (Phi) is 3.54. The predicted molar refractivity (Wildman–Crippen MR) is 84.7 cm³/mol. The molecular weight excluding hydrogens is 296 g/mol. The van der Waals surface area contributed by atoms with Crippen LogP contribution in [0.4, 0.5) is 0 Å². The lowest BCUT2D eigenvalue weighted by Gasteiger charge is -2.00. The maximum absolute atomic E-state index is 12.2. The number of Topliss-reactive ketones (excluding diaryl/α,β-unsaturated/α-hetero) is 1. The lowest BCUT2D eigenvalue weighted by Crippen LogP contribution is -1.94. The highest BCUT2D eigenvalue weighted by atomic mass is 16.3. The molecule has 5 nitrogen and oxygen atoms in total. The smallest absolute Gasteiger partial charge is 0.189 e. The van der Waals surface area contributed by atoms with E-state index in [4.69, 9.17) is 0 Å². The Bertz CT molecular complexity index is 862. The van der Waals surface area contributed by atoms with Crippen LogP contribution in [-0.4, -0.2) is 26.2 Å². The Hall–Kier alpha value is -3.21. The van der Waals surface area contributed by atoms with Gasteiger partial charge in [0.1, 0.15) is 0 Å². The Morgan fingerprint density at radius 3 is 2.30 bits per heavy atom. The summed E-state index contributed by atoms with van der Waals surface area (Å²) >= 11 is 0. The van der Waals surface area contributed by atoms with Gasteiger partial charge in [0.15, 0.2) is 28.8 Å². The van der Waals surface area contributed by atoms with Gasteiger partial charge < -0.3 is 20.4 Å². The van der Waals surface area contributed by atoms with Crippen LogP contribution in [0.15, 0.2) is 48.1 Å². The van der Waals surface area contributed by atoms with Crippen LogP contribution in [-0.2, 0) is 6.42 Å². The van der Waals surface area contributed by atoms with Gasteiger partial charge in [-0.15, -0.1) is 0 Å². The highest BCUT2D eigenvalue weighted by Crippen LogP contribution is 2.35. The number of hydrogen-bond acceptors (Lipinski definition) is 5. The van der Waals surface area contributed by atoms with Crippen molar-refractivity contribution in [3.63, 3.8) is 0 Å². The molecule has 4 N–H and O–H groups in total. The molecule has 0 saturated heterocycles. The third-order valence-electron chi connectivity index (χ3n) is 3.70. The molecule has 23 heavy (non-hydrogen) atoms. The molecule has 0 saturated carbocycles. The normalized spacial score (nSPS) is 15.5. The average molecular weight is 310 g/mol. The SMILES string of the molecule is O=C1/C(=C/C=C/c2ccc(O)c(O)c2)Cc2cc(O)c(O)cc21. The molecule has 0 aromatic heterocycles. The van der Waals surface area contributed by atoms with Crippen LogP contribution in [0.1, 0.15) is 21.5 Å². The third kappa shape index (κ3) is 2.76. The minimum Gasteiger partial charge on any atom is -0.504 e. The van der Waals surface area contributed by atoms with Crippen LogP contribution in [0.3, 0.4) is 0 Å². The van der Waals surface area contributed by atoms with Gasteiger partial charge in [-0.25, -0.2) is 0 Å². The summed E-state index contributed by atoms with van der Waals surface area (Å²) in [5.41, 5.74) is 2.29. The van der Waals surface area contributed by atoms with Crippen molar-refractivity contribution in [1.29, 1.82) is 0 Å². The molecule has 0 radical (unpaired) electrons. The van der Waals surface area contributed by atoms with Gasteiger partial charge in [-0.3, -0.25) is 4.79 Å². The zero-order chi connectivity index (χ0) is 16.6. The van der Waals surface area contributed by atoms with E-state index in [9.17, 15) is 25.2 Å². The number of ketones is 1. The van der Waals surface area contributed by atoms with Crippen LogP contribution in [0, 0.1) is 0 Å². The number of phenols is 4. The monoisotopic (exact) mass is 310 g/mol. The van der Waals surface area contributed by atoms with Gasteiger partial charge in [-0.05, 0) is 35.4 Å². The van der Waals surface area contributed by atoms with Gasteiger partial charge >= 0.3 is 0 Å². The number of carbonyl (C=O) groups excluding carboxylic acids is 1. The van der Waals surface area contributed by atoms with Crippen molar-refractivity contribution in [2.75, 3.05) is 0 Å². The van der Waals surface area contributed by atoms with Crippen molar-refractivity contribution in [1.82, 2.24) is 0 Å². The molecule has 0 fully saturated rings. The van der Waals surface area contributed by atoms with Gasteiger partial charge in [-0.2, -0.15) is 0 Å². The van der Waals surface area contributed by atoms with Crippen LogP contribution in [0.5, 0.6) is 23.0 Å². The summed E-state index contributed by atoms with van der Waals surface area (Å²) in [4.78, 5) is 12.2. The quantitative estimate of drug-likeness (QED) is 0.505.